The lowest BCUT2D eigenvalue weighted by atomic mass is 9.87. The van der Waals surface area contributed by atoms with Crippen molar-refractivity contribution in [2.24, 2.45) is 0 Å². The fourth-order valence-corrected chi connectivity index (χ4v) is 4.11. The lowest BCUT2D eigenvalue weighted by Crippen LogP contribution is -2.57. The van der Waals surface area contributed by atoms with Gasteiger partial charge in [0.05, 0.1) is 17.3 Å². The van der Waals surface area contributed by atoms with Crippen molar-refractivity contribution in [3.05, 3.63) is 54.1 Å². The molecule has 1 amide bonds. The molecule has 0 radical (unpaired) electrons. The number of hydrogen-bond acceptors (Lipinski definition) is 3. The summed E-state index contributed by atoms with van der Waals surface area (Å²) in [7, 11) is 1.88. The van der Waals surface area contributed by atoms with Gasteiger partial charge in [-0.25, -0.2) is 4.39 Å². The van der Waals surface area contributed by atoms with Gasteiger partial charge in [-0.2, -0.15) is 0 Å². The number of likely N-dealkylation sites (tertiary alicyclic amines) is 1. The van der Waals surface area contributed by atoms with Gasteiger partial charge in [0.2, 0.25) is 5.91 Å². The maximum Gasteiger partial charge on any atom is 0.242 e. The first-order valence-corrected chi connectivity index (χ1v) is 8.83. The Balaban J connectivity index is 0.00000196. The van der Waals surface area contributed by atoms with Gasteiger partial charge in [0.1, 0.15) is 5.82 Å². The quantitative estimate of drug-likeness (QED) is 0.870. The molecule has 1 aromatic heterocycles. The number of nitrogens with zero attached hydrogens (tertiary/aromatic N) is 2. The summed E-state index contributed by atoms with van der Waals surface area (Å²) in [4.78, 5) is 19.0. The van der Waals surface area contributed by atoms with Crippen molar-refractivity contribution in [1.29, 1.82) is 0 Å². The zero-order chi connectivity index (χ0) is 17.4. The largest absolute Gasteiger partial charge is 0.344 e. The second-order valence-electron chi connectivity index (χ2n) is 7.12. The number of rotatable bonds is 2. The molecule has 2 atom stereocenters. The molecule has 0 aliphatic carbocycles. The van der Waals surface area contributed by atoms with Crippen LogP contribution in [0.25, 0.3) is 11.1 Å². The number of amides is 1. The third-order valence-electron chi connectivity index (χ3n) is 5.48. The molecule has 4 nitrogen and oxygen atoms in total. The Labute approximate surface area is 159 Å². The van der Waals surface area contributed by atoms with Crippen LogP contribution in [-0.4, -0.2) is 34.9 Å². The molecule has 138 valence electrons. The van der Waals surface area contributed by atoms with Crippen LogP contribution in [0.2, 0.25) is 0 Å². The predicted molar refractivity (Wildman–Crippen MR) is 102 cm³/mol. The summed E-state index contributed by atoms with van der Waals surface area (Å²) in [6, 6.07) is 10.5. The Morgan fingerprint density at radius 3 is 2.73 bits per heavy atom. The molecular weight excluding hydrogens is 353 g/mol. The van der Waals surface area contributed by atoms with E-state index in [4.69, 9.17) is 0 Å². The molecule has 2 saturated heterocycles. The third-order valence-corrected chi connectivity index (χ3v) is 5.48. The van der Waals surface area contributed by atoms with Crippen LogP contribution in [0.4, 0.5) is 4.39 Å². The maximum absolute atomic E-state index is 13.1. The van der Waals surface area contributed by atoms with Gasteiger partial charge < -0.3 is 4.90 Å². The summed E-state index contributed by atoms with van der Waals surface area (Å²) in [5.74, 6) is -0.0340. The van der Waals surface area contributed by atoms with Crippen molar-refractivity contribution in [3.8, 4) is 11.1 Å². The highest BCUT2D eigenvalue weighted by atomic mass is 35.5. The van der Waals surface area contributed by atoms with Gasteiger partial charge in [0.15, 0.2) is 0 Å². The number of halogens is 2. The minimum Gasteiger partial charge on any atom is -0.344 e. The lowest BCUT2D eigenvalue weighted by molar-refractivity contribution is -0.139. The van der Waals surface area contributed by atoms with E-state index >= 15 is 0 Å². The second-order valence-corrected chi connectivity index (χ2v) is 7.12. The fourth-order valence-electron chi connectivity index (χ4n) is 4.11. The van der Waals surface area contributed by atoms with Gasteiger partial charge in [-0.05, 0) is 61.1 Å². The minimum atomic E-state index is -0.425. The fraction of sp³-hybridized carbons (Fsp3) is 0.400. The number of nitrogens with one attached hydrogen (secondary N) is 1. The van der Waals surface area contributed by atoms with Crippen molar-refractivity contribution in [3.63, 3.8) is 0 Å². The number of pyridine rings is 1. The zero-order valence-electron chi connectivity index (χ0n) is 14.7. The first kappa shape index (κ1) is 18.8. The van der Waals surface area contributed by atoms with Crippen LogP contribution in [0, 0.1) is 5.82 Å². The molecule has 1 aromatic carbocycles. The molecule has 1 N–H and O–H groups in total. The van der Waals surface area contributed by atoms with Crippen molar-refractivity contribution >= 4 is 18.3 Å². The van der Waals surface area contributed by atoms with E-state index in [0.717, 1.165) is 49.0 Å². The molecule has 1 spiro atoms. The Kier molecular flexibility index (Phi) is 5.30. The summed E-state index contributed by atoms with van der Waals surface area (Å²) in [5.41, 5.74) is 2.50. The second kappa shape index (κ2) is 7.33. The minimum absolute atomic E-state index is 0. The Bertz CT molecular complexity index is 798. The van der Waals surface area contributed by atoms with E-state index in [1.807, 2.05) is 24.1 Å². The van der Waals surface area contributed by atoms with Crippen LogP contribution in [0.5, 0.6) is 0 Å². The van der Waals surface area contributed by atoms with Crippen molar-refractivity contribution < 1.29 is 9.18 Å². The summed E-state index contributed by atoms with van der Waals surface area (Å²) < 4.78 is 13.1. The number of carbonyl (C=O) groups is 1. The van der Waals surface area contributed by atoms with E-state index in [0.29, 0.717) is 0 Å². The molecule has 0 unspecified atom stereocenters. The SMILES string of the molecule is CN1CCC[C@]2(CC[C@@H](c3cc(-c4ccc(F)cc4)ccn3)N2)C1=O.Cl. The Hall–Kier alpha value is -1.98. The van der Waals surface area contributed by atoms with Crippen LogP contribution in [-0.2, 0) is 4.79 Å². The van der Waals surface area contributed by atoms with Crippen LogP contribution < -0.4 is 5.32 Å². The van der Waals surface area contributed by atoms with Crippen LogP contribution in [0.1, 0.15) is 37.4 Å². The van der Waals surface area contributed by atoms with E-state index in [9.17, 15) is 9.18 Å². The smallest absolute Gasteiger partial charge is 0.242 e. The Morgan fingerprint density at radius 2 is 1.96 bits per heavy atom. The molecule has 2 aromatic rings. The molecule has 2 aliphatic rings. The molecule has 4 rings (SSSR count). The van der Waals surface area contributed by atoms with Gasteiger partial charge >= 0.3 is 0 Å². The highest BCUT2D eigenvalue weighted by molar-refractivity contribution is 5.87. The standard InChI is InChI=1S/C20H22FN3O.ClH/c1-24-12-2-9-20(19(24)25)10-7-17(23-20)18-13-15(8-11-22-18)14-3-5-16(21)6-4-14;/h3-6,8,11,13,17,23H,2,7,9-10,12H2,1H3;1H/t17-,20-;/m0./s1. The molecule has 0 bridgehead atoms. The molecule has 2 fully saturated rings. The average molecular weight is 376 g/mol. The van der Waals surface area contributed by atoms with E-state index in [1.54, 1.807) is 18.3 Å². The first-order valence-electron chi connectivity index (χ1n) is 8.83. The third kappa shape index (κ3) is 3.33. The van der Waals surface area contributed by atoms with Crippen LogP contribution in [0.15, 0.2) is 42.6 Å². The molecule has 26 heavy (non-hydrogen) atoms. The number of benzene rings is 1. The van der Waals surface area contributed by atoms with Crippen molar-refractivity contribution in [2.45, 2.75) is 37.3 Å². The van der Waals surface area contributed by atoms with E-state index in [1.165, 1.54) is 12.1 Å². The zero-order valence-corrected chi connectivity index (χ0v) is 15.6. The summed E-state index contributed by atoms with van der Waals surface area (Å²) >= 11 is 0. The van der Waals surface area contributed by atoms with Gasteiger partial charge in [0, 0.05) is 19.8 Å². The first-order chi connectivity index (χ1) is 12.1. The summed E-state index contributed by atoms with van der Waals surface area (Å²) in [6.07, 6.45) is 5.47. The van der Waals surface area contributed by atoms with Gasteiger partial charge in [-0.15, -0.1) is 12.4 Å². The van der Waals surface area contributed by atoms with Crippen molar-refractivity contribution in [1.82, 2.24) is 15.2 Å². The van der Waals surface area contributed by atoms with Gasteiger partial charge in [-0.1, -0.05) is 12.1 Å². The van der Waals surface area contributed by atoms with Gasteiger partial charge in [-0.3, -0.25) is 15.1 Å². The summed E-state index contributed by atoms with van der Waals surface area (Å²) in [6.45, 7) is 0.839. The monoisotopic (exact) mass is 375 g/mol. The van der Waals surface area contributed by atoms with Crippen LogP contribution >= 0.6 is 12.4 Å². The normalized spacial score (nSPS) is 25.4. The highest BCUT2D eigenvalue weighted by Gasteiger charge is 2.48. The summed E-state index contributed by atoms with van der Waals surface area (Å²) in [5, 5.41) is 3.58. The maximum atomic E-state index is 13.1. The van der Waals surface area contributed by atoms with E-state index < -0.39 is 5.54 Å². The average Bonchev–Trinajstić information content (AvgIpc) is 3.06. The number of carbonyl (C=O) groups excluding carboxylic acids is 1. The Morgan fingerprint density at radius 1 is 1.19 bits per heavy atom. The number of hydrogen-bond donors (Lipinski definition) is 1. The topological polar surface area (TPSA) is 45.2 Å². The molecule has 6 heteroatoms. The van der Waals surface area contributed by atoms with E-state index in [-0.39, 0.29) is 30.2 Å². The van der Waals surface area contributed by atoms with E-state index in [2.05, 4.69) is 10.3 Å². The lowest BCUT2D eigenvalue weighted by Gasteiger charge is -2.38. The molecule has 3 heterocycles. The molecule has 0 saturated carbocycles. The van der Waals surface area contributed by atoms with Gasteiger partial charge in [0.25, 0.3) is 0 Å². The molecule has 2 aliphatic heterocycles. The number of piperidine rings is 1. The number of aromatic nitrogens is 1. The highest BCUT2D eigenvalue weighted by Crippen LogP contribution is 2.38. The predicted octanol–water partition coefficient (Wildman–Crippen LogP) is 3.73. The van der Waals surface area contributed by atoms with Crippen molar-refractivity contribution in [2.75, 3.05) is 13.6 Å². The number of likely N-dealkylation sites (N-methyl/N-ethyl adjacent to an activating group) is 1. The molecular formula is C20H23ClFN3O. The van der Waals surface area contributed by atoms with Crippen LogP contribution in [0.3, 0.4) is 0 Å².